The summed E-state index contributed by atoms with van der Waals surface area (Å²) >= 11 is 0. The number of rotatable bonds is 4. The summed E-state index contributed by atoms with van der Waals surface area (Å²) in [6.45, 7) is 13.7. The molecule has 0 amide bonds. The molecule has 0 aromatic heterocycles. The molecular formula is C17H27N. The van der Waals surface area contributed by atoms with Crippen LogP contribution >= 0.6 is 0 Å². The van der Waals surface area contributed by atoms with Crippen molar-refractivity contribution < 1.29 is 0 Å². The summed E-state index contributed by atoms with van der Waals surface area (Å²) in [6, 6.07) is 10.1. The molecule has 0 aliphatic heterocycles. The summed E-state index contributed by atoms with van der Waals surface area (Å²) in [4.78, 5) is 0. The third kappa shape index (κ3) is 9.46. The van der Waals surface area contributed by atoms with Gasteiger partial charge in [-0.05, 0) is 31.2 Å². The molecule has 18 heavy (non-hydrogen) atoms. The van der Waals surface area contributed by atoms with E-state index in [9.17, 15) is 0 Å². The van der Waals surface area contributed by atoms with Gasteiger partial charge in [0.25, 0.3) is 0 Å². The lowest BCUT2D eigenvalue weighted by molar-refractivity contribution is 1.46. The fraction of sp³-hybridized carbons (Fsp3) is 0.294. The normalized spacial score (nSPS) is 9.72. The standard InChI is InChI=1S/C13H15N.2C2H6/c1-3-8-12(9-4-2)14-13-10-6-5-7-11-13;2*1-2/h3-11,14H,1H2,2H3;2*1-2H3/b9-4-,12-8+;;. The van der Waals surface area contributed by atoms with Crippen molar-refractivity contribution in [3.63, 3.8) is 0 Å². The first-order valence-corrected chi connectivity index (χ1v) is 6.64. The van der Waals surface area contributed by atoms with Crippen molar-refractivity contribution in [3.05, 3.63) is 66.9 Å². The van der Waals surface area contributed by atoms with Crippen LogP contribution in [0.4, 0.5) is 5.69 Å². The summed E-state index contributed by atoms with van der Waals surface area (Å²) in [5.41, 5.74) is 2.12. The quantitative estimate of drug-likeness (QED) is 0.661. The molecule has 100 valence electrons. The Morgan fingerprint density at radius 1 is 1.06 bits per heavy atom. The minimum atomic E-state index is 1.04. The smallest absolute Gasteiger partial charge is 0.0384 e. The van der Waals surface area contributed by atoms with E-state index in [1.54, 1.807) is 6.08 Å². The van der Waals surface area contributed by atoms with Gasteiger partial charge in [0.2, 0.25) is 0 Å². The first-order valence-electron chi connectivity index (χ1n) is 6.64. The third-order valence-electron chi connectivity index (χ3n) is 1.71. The van der Waals surface area contributed by atoms with Gasteiger partial charge in [-0.15, -0.1) is 0 Å². The van der Waals surface area contributed by atoms with Crippen LogP contribution in [0, 0.1) is 0 Å². The van der Waals surface area contributed by atoms with Crippen molar-refractivity contribution in [1.29, 1.82) is 0 Å². The van der Waals surface area contributed by atoms with Crippen LogP contribution in [-0.2, 0) is 0 Å². The maximum atomic E-state index is 3.67. The molecule has 0 spiro atoms. The van der Waals surface area contributed by atoms with Crippen molar-refractivity contribution in [3.8, 4) is 0 Å². The van der Waals surface area contributed by atoms with Gasteiger partial charge < -0.3 is 5.32 Å². The molecule has 1 heteroatoms. The first kappa shape index (κ1) is 18.6. The van der Waals surface area contributed by atoms with E-state index in [0.717, 1.165) is 11.4 Å². The minimum absolute atomic E-state index is 1.04. The summed E-state index contributed by atoms with van der Waals surface area (Å²) in [6.07, 6.45) is 7.71. The Labute approximate surface area is 113 Å². The highest BCUT2D eigenvalue weighted by Gasteiger charge is 1.90. The highest BCUT2D eigenvalue weighted by Crippen LogP contribution is 2.09. The Hall–Kier alpha value is -1.76. The molecule has 0 bridgehead atoms. The van der Waals surface area contributed by atoms with Gasteiger partial charge in [-0.3, -0.25) is 0 Å². The van der Waals surface area contributed by atoms with Crippen LogP contribution in [0.1, 0.15) is 34.6 Å². The zero-order valence-corrected chi connectivity index (χ0v) is 12.4. The van der Waals surface area contributed by atoms with Gasteiger partial charge >= 0.3 is 0 Å². The number of nitrogens with one attached hydrogen (secondary N) is 1. The average Bonchev–Trinajstić information content (AvgIpc) is 2.45. The topological polar surface area (TPSA) is 12.0 Å². The second-order valence-corrected chi connectivity index (χ2v) is 2.85. The molecule has 1 aromatic rings. The van der Waals surface area contributed by atoms with Crippen LogP contribution in [0.25, 0.3) is 0 Å². The molecule has 0 heterocycles. The number of hydrogen-bond acceptors (Lipinski definition) is 1. The van der Waals surface area contributed by atoms with E-state index in [1.165, 1.54) is 0 Å². The minimum Gasteiger partial charge on any atom is -0.356 e. The Bertz CT molecular complexity index is 334. The molecule has 0 unspecified atom stereocenters. The van der Waals surface area contributed by atoms with E-state index in [1.807, 2.05) is 83.2 Å². The van der Waals surface area contributed by atoms with Gasteiger partial charge in [0.1, 0.15) is 0 Å². The Morgan fingerprint density at radius 2 is 1.61 bits per heavy atom. The molecule has 1 rings (SSSR count). The van der Waals surface area contributed by atoms with Crippen LogP contribution in [0.15, 0.2) is 66.9 Å². The summed E-state index contributed by atoms with van der Waals surface area (Å²) in [7, 11) is 0. The Kier molecular flexibility index (Phi) is 15.7. The summed E-state index contributed by atoms with van der Waals surface area (Å²) < 4.78 is 0. The van der Waals surface area contributed by atoms with Crippen molar-refractivity contribution in [1.82, 2.24) is 0 Å². The van der Waals surface area contributed by atoms with Crippen molar-refractivity contribution in [2.45, 2.75) is 34.6 Å². The van der Waals surface area contributed by atoms with Crippen molar-refractivity contribution >= 4 is 5.69 Å². The SMILES string of the molecule is C=C/C=C(\C=C/C)Nc1ccccc1.CC.CC. The molecule has 0 fully saturated rings. The zero-order chi connectivity index (χ0) is 14.2. The number of benzene rings is 1. The summed E-state index contributed by atoms with van der Waals surface area (Å²) in [5, 5.41) is 3.28. The molecule has 0 saturated carbocycles. The largest absolute Gasteiger partial charge is 0.356 e. The van der Waals surface area contributed by atoms with E-state index >= 15 is 0 Å². The lowest BCUT2D eigenvalue weighted by Gasteiger charge is -2.05. The maximum Gasteiger partial charge on any atom is 0.0384 e. The number of allylic oxidation sites excluding steroid dienone is 4. The molecule has 1 N–H and O–H groups in total. The molecule has 0 aliphatic carbocycles. The number of anilines is 1. The van der Waals surface area contributed by atoms with Crippen LogP contribution in [-0.4, -0.2) is 0 Å². The zero-order valence-electron chi connectivity index (χ0n) is 12.4. The number of para-hydroxylation sites is 1. The van der Waals surface area contributed by atoms with E-state index < -0.39 is 0 Å². The van der Waals surface area contributed by atoms with E-state index in [0.29, 0.717) is 0 Å². The fourth-order valence-corrected chi connectivity index (χ4v) is 1.13. The van der Waals surface area contributed by atoms with E-state index in [-0.39, 0.29) is 0 Å². The predicted octanol–water partition coefficient (Wildman–Crippen LogP) is 5.80. The molecule has 0 aliphatic rings. The average molecular weight is 245 g/mol. The fourth-order valence-electron chi connectivity index (χ4n) is 1.13. The highest BCUT2D eigenvalue weighted by atomic mass is 14.9. The monoisotopic (exact) mass is 245 g/mol. The molecule has 0 saturated heterocycles. The van der Waals surface area contributed by atoms with Gasteiger partial charge in [0.05, 0.1) is 0 Å². The van der Waals surface area contributed by atoms with E-state index in [2.05, 4.69) is 11.9 Å². The number of hydrogen-bond donors (Lipinski definition) is 1. The lowest BCUT2D eigenvalue weighted by atomic mass is 10.3. The molecule has 0 atom stereocenters. The Morgan fingerprint density at radius 3 is 2.06 bits per heavy atom. The van der Waals surface area contributed by atoms with Crippen LogP contribution in [0.2, 0.25) is 0 Å². The second-order valence-electron chi connectivity index (χ2n) is 2.85. The molecule has 1 aromatic carbocycles. The highest BCUT2D eigenvalue weighted by molar-refractivity contribution is 5.50. The van der Waals surface area contributed by atoms with Gasteiger partial charge in [0, 0.05) is 11.4 Å². The van der Waals surface area contributed by atoms with Gasteiger partial charge in [-0.2, -0.15) is 0 Å². The van der Waals surface area contributed by atoms with Crippen molar-refractivity contribution in [2.24, 2.45) is 0 Å². The maximum absolute atomic E-state index is 3.67. The molecule has 1 nitrogen and oxygen atoms in total. The molecular weight excluding hydrogens is 218 g/mol. The third-order valence-corrected chi connectivity index (χ3v) is 1.71. The van der Waals surface area contributed by atoms with Crippen molar-refractivity contribution in [2.75, 3.05) is 5.32 Å². The van der Waals surface area contributed by atoms with Gasteiger partial charge in [0.15, 0.2) is 0 Å². The van der Waals surface area contributed by atoms with E-state index in [4.69, 9.17) is 0 Å². The lowest BCUT2D eigenvalue weighted by Crippen LogP contribution is -1.95. The van der Waals surface area contributed by atoms with Gasteiger partial charge in [-0.25, -0.2) is 0 Å². The van der Waals surface area contributed by atoms with Crippen LogP contribution < -0.4 is 5.32 Å². The van der Waals surface area contributed by atoms with Crippen LogP contribution in [0.3, 0.4) is 0 Å². The predicted molar refractivity (Wildman–Crippen MR) is 85.9 cm³/mol. The first-order chi connectivity index (χ1) is 8.86. The Balaban J connectivity index is 0. The van der Waals surface area contributed by atoms with Crippen LogP contribution in [0.5, 0.6) is 0 Å². The second kappa shape index (κ2) is 15.2. The molecule has 0 radical (unpaired) electrons. The van der Waals surface area contributed by atoms with Gasteiger partial charge in [-0.1, -0.05) is 64.6 Å². The summed E-state index contributed by atoms with van der Waals surface area (Å²) in [5.74, 6) is 0.